The van der Waals surface area contributed by atoms with E-state index >= 15 is 0 Å². The molecule has 2 amide bonds. The highest BCUT2D eigenvalue weighted by Gasteiger charge is 2.08. The van der Waals surface area contributed by atoms with Crippen molar-refractivity contribution in [3.63, 3.8) is 0 Å². The van der Waals surface area contributed by atoms with Gasteiger partial charge in [-0.2, -0.15) is 0 Å². The van der Waals surface area contributed by atoms with Crippen molar-refractivity contribution in [3.8, 4) is 5.75 Å². The SMILES string of the molecule is CCc1cccc(C)c1NC(=O)NCOc1ccc(Cl)cc1. The van der Waals surface area contributed by atoms with Crippen LogP contribution < -0.4 is 15.4 Å². The second-order valence-electron chi connectivity index (χ2n) is 4.84. The molecule has 0 saturated heterocycles. The van der Waals surface area contributed by atoms with Crippen molar-refractivity contribution < 1.29 is 9.53 Å². The average Bonchev–Trinajstić information content (AvgIpc) is 2.51. The minimum atomic E-state index is -0.294. The second kappa shape index (κ2) is 7.71. The predicted molar refractivity (Wildman–Crippen MR) is 89.7 cm³/mol. The minimum absolute atomic E-state index is 0.0841. The number of aryl methyl sites for hydroxylation is 2. The molecule has 0 fully saturated rings. The minimum Gasteiger partial charge on any atom is -0.473 e. The molecule has 0 aliphatic rings. The molecule has 2 aromatic rings. The van der Waals surface area contributed by atoms with E-state index in [1.54, 1.807) is 24.3 Å². The smallest absolute Gasteiger partial charge is 0.321 e. The third-order valence-corrected chi connectivity index (χ3v) is 3.52. The van der Waals surface area contributed by atoms with E-state index in [4.69, 9.17) is 16.3 Å². The normalized spacial score (nSPS) is 10.1. The van der Waals surface area contributed by atoms with Gasteiger partial charge in [-0.15, -0.1) is 0 Å². The first-order chi connectivity index (χ1) is 10.6. The highest BCUT2D eigenvalue weighted by molar-refractivity contribution is 6.30. The van der Waals surface area contributed by atoms with Crippen LogP contribution in [0.25, 0.3) is 0 Å². The Morgan fingerprint density at radius 3 is 2.59 bits per heavy atom. The van der Waals surface area contributed by atoms with Crippen LogP contribution in [0.1, 0.15) is 18.1 Å². The van der Waals surface area contributed by atoms with Crippen LogP contribution in [0.5, 0.6) is 5.75 Å². The summed E-state index contributed by atoms with van der Waals surface area (Å²) in [6, 6.07) is 12.6. The molecule has 0 unspecified atom stereocenters. The molecule has 2 aromatic carbocycles. The van der Waals surface area contributed by atoms with Crippen molar-refractivity contribution in [2.45, 2.75) is 20.3 Å². The summed E-state index contributed by atoms with van der Waals surface area (Å²) < 4.78 is 5.43. The fourth-order valence-corrected chi connectivity index (χ4v) is 2.20. The summed E-state index contributed by atoms with van der Waals surface area (Å²) in [5.41, 5.74) is 3.00. The molecule has 0 aromatic heterocycles. The van der Waals surface area contributed by atoms with Gasteiger partial charge in [0.05, 0.1) is 0 Å². The van der Waals surface area contributed by atoms with Gasteiger partial charge >= 0.3 is 6.03 Å². The maximum atomic E-state index is 12.0. The number of benzene rings is 2. The summed E-state index contributed by atoms with van der Waals surface area (Å²) in [4.78, 5) is 12.0. The first kappa shape index (κ1) is 16.2. The van der Waals surface area contributed by atoms with Crippen LogP contribution in [0, 0.1) is 6.92 Å². The van der Waals surface area contributed by atoms with E-state index in [1.807, 2.05) is 25.1 Å². The summed E-state index contributed by atoms with van der Waals surface area (Å²) in [6.07, 6.45) is 0.860. The third-order valence-electron chi connectivity index (χ3n) is 3.26. The zero-order valence-electron chi connectivity index (χ0n) is 12.7. The Kier molecular flexibility index (Phi) is 5.67. The number of carbonyl (C=O) groups is 1. The number of amides is 2. The van der Waals surface area contributed by atoms with Crippen LogP contribution in [0.15, 0.2) is 42.5 Å². The zero-order valence-corrected chi connectivity index (χ0v) is 13.4. The quantitative estimate of drug-likeness (QED) is 0.804. The summed E-state index contributed by atoms with van der Waals surface area (Å²) in [6.45, 7) is 4.11. The van der Waals surface area contributed by atoms with E-state index in [1.165, 1.54) is 0 Å². The van der Waals surface area contributed by atoms with Crippen molar-refractivity contribution >= 4 is 23.3 Å². The fourth-order valence-electron chi connectivity index (χ4n) is 2.08. The molecule has 0 spiro atoms. The molecule has 0 atom stereocenters. The van der Waals surface area contributed by atoms with Gasteiger partial charge < -0.3 is 15.4 Å². The zero-order chi connectivity index (χ0) is 15.9. The number of urea groups is 1. The van der Waals surface area contributed by atoms with Crippen LogP contribution in [0.2, 0.25) is 5.02 Å². The van der Waals surface area contributed by atoms with Crippen LogP contribution in [0.3, 0.4) is 0 Å². The Hall–Kier alpha value is -2.20. The van der Waals surface area contributed by atoms with Crippen molar-refractivity contribution in [2.24, 2.45) is 0 Å². The van der Waals surface area contributed by atoms with E-state index in [9.17, 15) is 4.79 Å². The van der Waals surface area contributed by atoms with Gasteiger partial charge in [-0.3, -0.25) is 0 Å². The molecular weight excluding hydrogens is 300 g/mol. The maximum Gasteiger partial charge on any atom is 0.321 e. The Labute approximate surface area is 135 Å². The predicted octanol–water partition coefficient (Wildman–Crippen LogP) is 4.37. The van der Waals surface area contributed by atoms with Gasteiger partial charge in [-0.05, 0) is 48.7 Å². The number of anilines is 1. The molecule has 116 valence electrons. The molecule has 0 aliphatic carbocycles. The molecular formula is C17H19ClN2O2. The fraction of sp³-hybridized carbons (Fsp3) is 0.235. The van der Waals surface area contributed by atoms with Gasteiger partial charge in [-0.1, -0.05) is 36.7 Å². The first-order valence-electron chi connectivity index (χ1n) is 7.12. The van der Waals surface area contributed by atoms with Crippen molar-refractivity contribution in [3.05, 3.63) is 58.6 Å². The highest BCUT2D eigenvalue weighted by atomic mass is 35.5. The molecule has 22 heavy (non-hydrogen) atoms. The number of halogens is 1. The Morgan fingerprint density at radius 2 is 1.91 bits per heavy atom. The largest absolute Gasteiger partial charge is 0.473 e. The standard InChI is InChI=1S/C17H19ClN2O2/c1-3-13-6-4-5-12(2)16(13)20-17(21)19-11-22-15-9-7-14(18)8-10-15/h4-10H,3,11H2,1-2H3,(H2,19,20,21). The topological polar surface area (TPSA) is 50.4 Å². The Bertz CT molecular complexity index is 642. The van der Waals surface area contributed by atoms with E-state index < -0.39 is 0 Å². The van der Waals surface area contributed by atoms with Crippen molar-refractivity contribution in [1.82, 2.24) is 5.32 Å². The number of hydrogen-bond donors (Lipinski definition) is 2. The molecule has 0 heterocycles. The number of hydrogen-bond acceptors (Lipinski definition) is 2. The molecule has 0 bridgehead atoms. The number of nitrogens with one attached hydrogen (secondary N) is 2. The number of rotatable bonds is 5. The molecule has 0 aliphatic heterocycles. The van der Waals surface area contributed by atoms with Gasteiger partial charge in [0.25, 0.3) is 0 Å². The first-order valence-corrected chi connectivity index (χ1v) is 7.49. The maximum absolute atomic E-state index is 12.0. The van der Waals surface area contributed by atoms with Crippen LogP contribution in [0.4, 0.5) is 10.5 Å². The van der Waals surface area contributed by atoms with Crippen molar-refractivity contribution in [2.75, 3.05) is 12.0 Å². The van der Waals surface area contributed by atoms with Gasteiger partial charge in [0.2, 0.25) is 0 Å². The average molecular weight is 319 g/mol. The van der Waals surface area contributed by atoms with E-state index in [0.29, 0.717) is 10.8 Å². The molecule has 0 radical (unpaired) electrons. The number of ether oxygens (including phenoxy) is 1. The van der Waals surface area contributed by atoms with Crippen LogP contribution in [-0.2, 0) is 6.42 Å². The van der Waals surface area contributed by atoms with Crippen LogP contribution >= 0.6 is 11.6 Å². The van der Waals surface area contributed by atoms with E-state index in [-0.39, 0.29) is 12.8 Å². The lowest BCUT2D eigenvalue weighted by atomic mass is 10.1. The monoisotopic (exact) mass is 318 g/mol. The molecule has 5 heteroatoms. The second-order valence-corrected chi connectivity index (χ2v) is 5.27. The molecule has 0 saturated carbocycles. The molecule has 2 N–H and O–H groups in total. The summed E-state index contributed by atoms with van der Waals surface area (Å²) >= 11 is 5.79. The lowest BCUT2D eigenvalue weighted by Gasteiger charge is -2.14. The van der Waals surface area contributed by atoms with Crippen LogP contribution in [-0.4, -0.2) is 12.8 Å². The van der Waals surface area contributed by atoms with Crippen molar-refractivity contribution in [1.29, 1.82) is 0 Å². The van der Waals surface area contributed by atoms with Gasteiger partial charge in [0.15, 0.2) is 6.73 Å². The number of carbonyl (C=O) groups excluding carboxylic acids is 1. The van der Waals surface area contributed by atoms with E-state index in [2.05, 4.69) is 17.6 Å². The lowest BCUT2D eigenvalue weighted by Crippen LogP contribution is -2.32. The van der Waals surface area contributed by atoms with Gasteiger partial charge in [0, 0.05) is 10.7 Å². The Balaban J connectivity index is 1.87. The van der Waals surface area contributed by atoms with E-state index in [0.717, 1.165) is 23.2 Å². The lowest BCUT2D eigenvalue weighted by molar-refractivity contribution is 0.234. The van der Waals surface area contributed by atoms with Gasteiger partial charge in [0.1, 0.15) is 5.75 Å². The summed E-state index contributed by atoms with van der Waals surface area (Å²) in [5.74, 6) is 0.648. The highest BCUT2D eigenvalue weighted by Crippen LogP contribution is 2.20. The van der Waals surface area contributed by atoms with Gasteiger partial charge in [-0.25, -0.2) is 4.79 Å². The number of para-hydroxylation sites is 1. The summed E-state index contributed by atoms with van der Waals surface area (Å²) in [5, 5.41) is 6.18. The third kappa shape index (κ3) is 4.40. The molecule has 4 nitrogen and oxygen atoms in total. The Morgan fingerprint density at radius 1 is 1.18 bits per heavy atom. The molecule has 2 rings (SSSR count). The summed E-state index contributed by atoms with van der Waals surface area (Å²) in [7, 11) is 0.